The van der Waals surface area contributed by atoms with E-state index in [2.05, 4.69) is 16.0 Å². The summed E-state index contributed by atoms with van der Waals surface area (Å²) in [5.74, 6) is -2.51. The zero-order valence-electron chi connectivity index (χ0n) is 12.7. The first-order valence-corrected chi connectivity index (χ1v) is 6.99. The first-order valence-electron chi connectivity index (χ1n) is 6.99. The molecule has 4 N–H and O–H groups in total. The van der Waals surface area contributed by atoms with E-state index in [1.54, 1.807) is 0 Å². The maximum absolute atomic E-state index is 11.5. The molecule has 12 heteroatoms. The van der Waals surface area contributed by atoms with E-state index in [0.29, 0.717) is 6.29 Å². The average Bonchev–Trinajstić information content (AvgIpc) is 3.11. The Bertz CT molecular complexity index is 660. The maximum atomic E-state index is 11.5. The van der Waals surface area contributed by atoms with Gasteiger partial charge in [-0.2, -0.15) is 0 Å². The third-order valence-electron chi connectivity index (χ3n) is 3.23. The fourth-order valence-electron chi connectivity index (χ4n) is 1.92. The molecule has 2 aliphatic rings. The van der Waals surface area contributed by atoms with E-state index in [1.807, 2.05) is 5.32 Å². The van der Waals surface area contributed by atoms with E-state index in [0.717, 1.165) is 12.2 Å². The topological polar surface area (TPSA) is 169 Å². The lowest BCUT2D eigenvalue weighted by Gasteiger charge is -2.19. The van der Waals surface area contributed by atoms with Gasteiger partial charge in [-0.05, 0) is 0 Å². The van der Waals surface area contributed by atoms with Crippen molar-refractivity contribution in [3.05, 3.63) is 12.2 Å². The Hall–Kier alpha value is -3.44. The van der Waals surface area contributed by atoms with Gasteiger partial charge in [-0.1, -0.05) is 0 Å². The van der Waals surface area contributed by atoms with Gasteiger partial charge in [0.1, 0.15) is 24.8 Å². The number of hydrogen-bond acceptors (Lipinski definition) is 8. The van der Waals surface area contributed by atoms with Crippen molar-refractivity contribution in [1.82, 2.24) is 21.3 Å². The zero-order valence-corrected chi connectivity index (χ0v) is 12.7. The van der Waals surface area contributed by atoms with Crippen molar-refractivity contribution in [3.63, 3.8) is 0 Å². The molecule has 0 spiro atoms. The summed E-state index contributed by atoms with van der Waals surface area (Å²) in [4.78, 5) is 67.1. The standard InChI is InChI=1S/C13H14N4O8/c18-5-13(4-14-11(22)17-13)6-25-9(20)2-1-8(19)24-3-7-10(21)16-12(23)15-7/h1-2,5,7H,3-4,6H2,(H2,14,17,22)(H2,15,16,21,23)/b2-1+/t7-,13-/m1/s1. The lowest BCUT2D eigenvalue weighted by molar-refractivity contribution is -0.142. The van der Waals surface area contributed by atoms with E-state index in [4.69, 9.17) is 9.47 Å². The summed E-state index contributed by atoms with van der Waals surface area (Å²) in [6.07, 6.45) is 1.96. The van der Waals surface area contributed by atoms with Crippen LogP contribution in [0.25, 0.3) is 0 Å². The van der Waals surface area contributed by atoms with E-state index < -0.39 is 54.7 Å². The molecule has 0 bridgehead atoms. The van der Waals surface area contributed by atoms with Crippen LogP contribution in [0.2, 0.25) is 0 Å². The highest BCUT2D eigenvalue weighted by atomic mass is 16.5. The van der Waals surface area contributed by atoms with Gasteiger partial charge in [-0.3, -0.25) is 10.1 Å². The number of ether oxygens (including phenoxy) is 2. The Kier molecular flexibility index (Phi) is 5.31. The van der Waals surface area contributed by atoms with E-state index >= 15 is 0 Å². The molecule has 0 aromatic heterocycles. The van der Waals surface area contributed by atoms with Crippen molar-refractivity contribution in [2.75, 3.05) is 19.8 Å². The van der Waals surface area contributed by atoms with Gasteiger partial charge in [-0.25, -0.2) is 19.2 Å². The Morgan fingerprint density at radius 2 is 1.80 bits per heavy atom. The second-order valence-corrected chi connectivity index (χ2v) is 5.17. The number of aldehydes is 1. The van der Waals surface area contributed by atoms with Crippen molar-refractivity contribution >= 4 is 36.2 Å². The first-order chi connectivity index (χ1) is 11.8. The third-order valence-corrected chi connectivity index (χ3v) is 3.23. The number of hydrogen-bond donors (Lipinski definition) is 4. The quantitative estimate of drug-likeness (QED) is 0.163. The largest absolute Gasteiger partial charge is 0.460 e. The fraction of sp³-hybridized carbons (Fsp3) is 0.385. The molecule has 0 aromatic rings. The lowest BCUT2D eigenvalue weighted by atomic mass is 10.1. The summed E-state index contributed by atoms with van der Waals surface area (Å²) >= 11 is 0. The molecule has 2 heterocycles. The van der Waals surface area contributed by atoms with Crippen LogP contribution in [0.15, 0.2) is 12.2 Å². The predicted molar refractivity (Wildman–Crippen MR) is 76.8 cm³/mol. The molecular weight excluding hydrogens is 340 g/mol. The summed E-state index contributed by atoms with van der Waals surface area (Å²) in [5, 5.41) is 8.86. The summed E-state index contributed by atoms with van der Waals surface area (Å²) in [6, 6.07) is -2.25. The molecule has 0 aromatic carbocycles. The molecule has 2 aliphatic heterocycles. The van der Waals surface area contributed by atoms with Gasteiger partial charge in [0.2, 0.25) is 0 Å². The summed E-state index contributed by atoms with van der Waals surface area (Å²) in [5.41, 5.74) is -1.35. The van der Waals surface area contributed by atoms with Crippen LogP contribution in [0.4, 0.5) is 9.59 Å². The number of carbonyl (C=O) groups is 6. The van der Waals surface area contributed by atoms with E-state index in [9.17, 15) is 28.8 Å². The molecule has 12 nitrogen and oxygen atoms in total. The molecule has 25 heavy (non-hydrogen) atoms. The maximum Gasteiger partial charge on any atom is 0.331 e. The highest BCUT2D eigenvalue weighted by Gasteiger charge is 2.38. The van der Waals surface area contributed by atoms with Crippen molar-refractivity contribution < 1.29 is 38.2 Å². The minimum absolute atomic E-state index is 0.0382. The second-order valence-electron chi connectivity index (χ2n) is 5.17. The smallest absolute Gasteiger partial charge is 0.331 e. The van der Waals surface area contributed by atoms with Crippen LogP contribution in [-0.2, 0) is 28.7 Å². The van der Waals surface area contributed by atoms with Crippen molar-refractivity contribution in [2.24, 2.45) is 0 Å². The van der Waals surface area contributed by atoms with Gasteiger partial charge in [0.05, 0.1) is 6.54 Å². The van der Waals surface area contributed by atoms with E-state index in [-0.39, 0.29) is 6.54 Å². The first kappa shape index (κ1) is 17.9. The Morgan fingerprint density at radius 3 is 2.32 bits per heavy atom. The molecule has 0 saturated carbocycles. The summed E-state index contributed by atoms with van der Waals surface area (Å²) in [7, 11) is 0. The molecule has 0 aliphatic carbocycles. The molecule has 2 saturated heterocycles. The Balaban J connectivity index is 1.73. The second kappa shape index (κ2) is 7.42. The fourth-order valence-corrected chi connectivity index (χ4v) is 1.92. The number of rotatable bonds is 7. The number of imide groups is 1. The average molecular weight is 354 g/mol. The van der Waals surface area contributed by atoms with Gasteiger partial charge in [0.15, 0.2) is 6.29 Å². The van der Waals surface area contributed by atoms with Crippen LogP contribution in [-0.4, -0.2) is 67.5 Å². The number of esters is 2. The lowest BCUT2D eigenvalue weighted by Crippen LogP contribution is -2.49. The number of urea groups is 2. The normalized spacial score (nSPS) is 25.0. The van der Waals surface area contributed by atoms with Crippen LogP contribution < -0.4 is 21.3 Å². The molecule has 0 unspecified atom stereocenters. The molecular formula is C13H14N4O8. The van der Waals surface area contributed by atoms with Gasteiger partial charge >= 0.3 is 24.0 Å². The van der Waals surface area contributed by atoms with Gasteiger partial charge in [0, 0.05) is 12.2 Å². The SMILES string of the molecule is O=C[C@@]1(COC(=O)/C=C/C(=O)OC[C@H]2NC(=O)NC2=O)CNC(=O)N1. The third kappa shape index (κ3) is 4.76. The highest BCUT2D eigenvalue weighted by Crippen LogP contribution is 2.06. The van der Waals surface area contributed by atoms with Crippen LogP contribution >= 0.6 is 0 Å². The van der Waals surface area contributed by atoms with Crippen molar-refractivity contribution in [2.45, 2.75) is 11.6 Å². The number of nitrogens with one attached hydrogen (secondary N) is 4. The van der Waals surface area contributed by atoms with Crippen molar-refractivity contribution in [3.8, 4) is 0 Å². The summed E-state index contributed by atoms with van der Waals surface area (Å²) in [6.45, 7) is -0.854. The molecule has 134 valence electrons. The van der Waals surface area contributed by atoms with Gasteiger partial charge in [0.25, 0.3) is 5.91 Å². The zero-order chi connectivity index (χ0) is 18.4. The summed E-state index contributed by atoms with van der Waals surface area (Å²) < 4.78 is 9.48. The van der Waals surface area contributed by atoms with Crippen LogP contribution in [0.3, 0.4) is 0 Å². The predicted octanol–water partition coefficient (Wildman–Crippen LogP) is -2.91. The highest BCUT2D eigenvalue weighted by molar-refractivity contribution is 6.04. The number of carbonyl (C=O) groups excluding carboxylic acids is 6. The van der Waals surface area contributed by atoms with Gasteiger partial charge in [-0.15, -0.1) is 0 Å². The van der Waals surface area contributed by atoms with Gasteiger partial charge < -0.3 is 30.2 Å². The van der Waals surface area contributed by atoms with Crippen LogP contribution in [0.5, 0.6) is 0 Å². The van der Waals surface area contributed by atoms with Crippen LogP contribution in [0, 0.1) is 0 Å². The van der Waals surface area contributed by atoms with Crippen LogP contribution in [0.1, 0.15) is 0 Å². The molecule has 5 amide bonds. The number of amides is 5. The molecule has 0 radical (unpaired) electrons. The van der Waals surface area contributed by atoms with Crippen molar-refractivity contribution in [1.29, 1.82) is 0 Å². The van der Waals surface area contributed by atoms with E-state index in [1.165, 1.54) is 0 Å². The molecule has 2 atom stereocenters. The minimum atomic E-state index is -1.35. The molecule has 2 rings (SSSR count). The molecule has 2 fully saturated rings. The Morgan fingerprint density at radius 1 is 1.12 bits per heavy atom. The Labute approximate surface area is 140 Å². The monoisotopic (exact) mass is 354 g/mol. The minimum Gasteiger partial charge on any atom is -0.460 e.